The summed E-state index contributed by atoms with van der Waals surface area (Å²) in [6, 6.07) is 18.2. The van der Waals surface area contributed by atoms with Crippen LogP contribution in [-0.2, 0) is 9.84 Å². The van der Waals surface area contributed by atoms with Crippen molar-refractivity contribution >= 4 is 44.6 Å². The van der Waals surface area contributed by atoms with Crippen LogP contribution in [0, 0.1) is 5.82 Å². The van der Waals surface area contributed by atoms with Crippen LogP contribution >= 0.6 is 23.2 Å². The zero-order valence-electron chi connectivity index (χ0n) is 17.7. The molecule has 3 aromatic carbocycles. The van der Waals surface area contributed by atoms with E-state index in [2.05, 4.69) is 10.3 Å². The minimum atomic E-state index is -3.57. The Morgan fingerprint density at radius 3 is 2.35 bits per heavy atom. The monoisotopic (exact) mass is 514 g/mol. The predicted octanol–water partition coefficient (Wildman–Crippen LogP) is 6.52. The summed E-state index contributed by atoms with van der Waals surface area (Å²) in [6.45, 7) is 0. The molecule has 1 heterocycles. The fraction of sp³-hybridized carbons (Fsp3) is 0.0400. The first-order chi connectivity index (χ1) is 16.1. The van der Waals surface area contributed by atoms with Crippen LogP contribution in [0.4, 0.5) is 10.1 Å². The van der Waals surface area contributed by atoms with Crippen molar-refractivity contribution in [3.8, 4) is 22.4 Å². The number of rotatable bonds is 5. The molecule has 9 heteroatoms. The van der Waals surface area contributed by atoms with E-state index in [1.807, 2.05) is 6.07 Å². The molecule has 0 atom stereocenters. The van der Waals surface area contributed by atoms with E-state index in [0.29, 0.717) is 27.5 Å². The number of amides is 1. The van der Waals surface area contributed by atoms with Crippen molar-refractivity contribution in [2.45, 2.75) is 4.90 Å². The van der Waals surface area contributed by atoms with Crippen molar-refractivity contribution in [2.24, 2.45) is 0 Å². The average molecular weight is 515 g/mol. The van der Waals surface area contributed by atoms with Gasteiger partial charge in [-0.2, -0.15) is 0 Å². The molecule has 0 aliphatic rings. The highest BCUT2D eigenvalue weighted by molar-refractivity contribution is 7.90. The number of nitrogens with one attached hydrogen (secondary N) is 1. The van der Waals surface area contributed by atoms with Crippen LogP contribution in [0.1, 0.15) is 10.4 Å². The van der Waals surface area contributed by atoms with E-state index in [1.54, 1.807) is 36.5 Å². The van der Waals surface area contributed by atoms with E-state index < -0.39 is 21.6 Å². The van der Waals surface area contributed by atoms with Gasteiger partial charge < -0.3 is 5.32 Å². The van der Waals surface area contributed by atoms with E-state index in [4.69, 9.17) is 23.2 Å². The molecule has 0 radical (unpaired) electrons. The molecule has 1 amide bonds. The Labute approximate surface area is 206 Å². The zero-order chi connectivity index (χ0) is 24.5. The highest BCUT2D eigenvalue weighted by atomic mass is 35.5. The third kappa shape index (κ3) is 5.12. The van der Waals surface area contributed by atoms with Crippen LogP contribution in [0.5, 0.6) is 0 Å². The first-order valence-electron chi connectivity index (χ1n) is 9.95. The number of benzene rings is 3. The lowest BCUT2D eigenvalue weighted by atomic mass is 9.98. The van der Waals surface area contributed by atoms with Gasteiger partial charge in [-0.15, -0.1) is 0 Å². The second-order valence-electron chi connectivity index (χ2n) is 7.47. The number of aromatic nitrogens is 1. The zero-order valence-corrected chi connectivity index (χ0v) is 20.0. The first kappa shape index (κ1) is 23.9. The Balaban J connectivity index is 1.77. The van der Waals surface area contributed by atoms with Crippen molar-refractivity contribution in [1.82, 2.24) is 4.98 Å². The second kappa shape index (κ2) is 9.54. The van der Waals surface area contributed by atoms with Gasteiger partial charge in [-0.3, -0.25) is 9.78 Å². The largest absolute Gasteiger partial charge is 0.322 e. The summed E-state index contributed by atoms with van der Waals surface area (Å²) in [4.78, 5) is 17.5. The number of hydrogen-bond donors (Lipinski definition) is 1. The number of hydrogen-bond acceptors (Lipinski definition) is 4. The molecule has 0 unspecified atom stereocenters. The third-order valence-electron chi connectivity index (χ3n) is 5.05. The lowest BCUT2D eigenvalue weighted by molar-refractivity contribution is 0.102. The maximum atomic E-state index is 13.6. The van der Waals surface area contributed by atoms with Gasteiger partial charge in [0.1, 0.15) is 5.82 Å². The van der Waals surface area contributed by atoms with Crippen LogP contribution in [0.2, 0.25) is 10.0 Å². The Kier molecular flexibility index (Phi) is 6.70. The van der Waals surface area contributed by atoms with Crippen molar-refractivity contribution in [3.05, 3.63) is 100 Å². The molecule has 0 aliphatic carbocycles. The molecule has 0 saturated heterocycles. The molecular formula is C25H17Cl2FN2O3S. The van der Waals surface area contributed by atoms with E-state index >= 15 is 0 Å². The van der Waals surface area contributed by atoms with Gasteiger partial charge in [0.05, 0.1) is 20.6 Å². The van der Waals surface area contributed by atoms with Crippen molar-refractivity contribution in [1.29, 1.82) is 0 Å². The standard InChI is InChI=1S/C25H17Cl2FN2O3S/c1-34(32,33)17-7-9-19(20(14-17)18-8-5-15(28)12-23(18)27)25(31)30-16-6-10-22(26)21(13-16)24-4-2-3-11-29-24/h2-14H,1H3,(H,30,31). The minimum Gasteiger partial charge on any atom is -0.322 e. The van der Waals surface area contributed by atoms with Gasteiger partial charge in [0.2, 0.25) is 0 Å². The average Bonchev–Trinajstić information content (AvgIpc) is 2.80. The summed E-state index contributed by atoms with van der Waals surface area (Å²) in [5.74, 6) is -1.06. The molecule has 5 nitrogen and oxygen atoms in total. The van der Waals surface area contributed by atoms with Crippen molar-refractivity contribution < 1.29 is 17.6 Å². The van der Waals surface area contributed by atoms with E-state index in [0.717, 1.165) is 12.3 Å². The van der Waals surface area contributed by atoms with Gasteiger partial charge in [0, 0.05) is 34.8 Å². The molecule has 34 heavy (non-hydrogen) atoms. The number of halogens is 3. The topological polar surface area (TPSA) is 76.1 Å². The van der Waals surface area contributed by atoms with Crippen molar-refractivity contribution in [3.63, 3.8) is 0 Å². The highest BCUT2D eigenvalue weighted by Crippen LogP contribution is 2.34. The molecule has 4 aromatic rings. The molecule has 0 saturated carbocycles. The summed E-state index contributed by atoms with van der Waals surface area (Å²) >= 11 is 12.6. The molecule has 0 bridgehead atoms. The quantitative estimate of drug-likeness (QED) is 0.329. The highest BCUT2D eigenvalue weighted by Gasteiger charge is 2.19. The predicted molar refractivity (Wildman–Crippen MR) is 133 cm³/mol. The number of carbonyl (C=O) groups is 1. The summed E-state index contributed by atoms with van der Waals surface area (Å²) in [7, 11) is -3.57. The fourth-order valence-corrected chi connectivity index (χ4v) is 4.53. The Hall–Kier alpha value is -3.26. The number of nitrogens with zero attached hydrogens (tertiary/aromatic N) is 1. The van der Waals surface area contributed by atoms with E-state index in [-0.39, 0.29) is 21.0 Å². The molecule has 4 rings (SSSR count). The number of carbonyl (C=O) groups excluding carboxylic acids is 1. The summed E-state index contributed by atoms with van der Waals surface area (Å²) in [5.41, 5.74) is 2.47. The van der Waals surface area contributed by atoms with Gasteiger partial charge >= 0.3 is 0 Å². The SMILES string of the molecule is CS(=O)(=O)c1ccc(C(=O)Nc2ccc(Cl)c(-c3ccccn3)c2)c(-c2ccc(F)cc2Cl)c1. The Morgan fingerprint density at radius 1 is 0.882 bits per heavy atom. The molecule has 172 valence electrons. The number of pyridine rings is 1. The van der Waals surface area contributed by atoms with Crippen LogP contribution in [-0.4, -0.2) is 25.6 Å². The maximum Gasteiger partial charge on any atom is 0.256 e. The van der Waals surface area contributed by atoms with Crippen LogP contribution in [0.3, 0.4) is 0 Å². The first-order valence-corrected chi connectivity index (χ1v) is 12.6. The maximum absolute atomic E-state index is 13.6. The summed E-state index contributed by atoms with van der Waals surface area (Å²) in [5, 5.41) is 3.31. The molecule has 0 spiro atoms. The summed E-state index contributed by atoms with van der Waals surface area (Å²) in [6.07, 6.45) is 2.70. The summed E-state index contributed by atoms with van der Waals surface area (Å²) < 4.78 is 37.9. The van der Waals surface area contributed by atoms with Crippen LogP contribution < -0.4 is 5.32 Å². The number of anilines is 1. The Bertz CT molecular complexity index is 1510. The van der Waals surface area contributed by atoms with Gasteiger partial charge in [0.15, 0.2) is 9.84 Å². The molecule has 0 aliphatic heterocycles. The normalized spacial score (nSPS) is 11.3. The minimum absolute atomic E-state index is 0.00312. The van der Waals surface area contributed by atoms with Crippen LogP contribution in [0.15, 0.2) is 83.9 Å². The third-order valence-corrected chi connectivity index (χ3v) is 6.80. The molecular weight excluding hydrogens is 498 g/mol. The molecule has 1 N–H and O–H groups in total. The lowest BCUT2D eigenvalue weighted by Gasteiger charge is -2.14. The second-order valence-corrected chi connectivity index (χ2v) is 10.3. The number of sulfone groups is 1. The van der Waals surface area contributed by atoms with Crippen LogP contribution in [0.25, 0.3) is 22.4 Å². The lowest BCUT2D eigenvalue weighted by Crippen LogP contribution is -2.14. The molecule has 1 aromatic heterocycles. The molecule has 0 fully saturated rings. The fourth-order valence-electron chi connectivity index (χ4n) is 3.40. The smallest absolute Gasteiger partial charge is 0.256 e. The van der Waals surface area contributed by atoms with E-state index in [9.17, 15) is 17.6 Å². The van der Waals surface area contributed by atoms with Gasteiger partial charge in [-0.1, -0.05) is 29.3 Å². The van der Waals surface area contributed by atoms with Gasteiger partial charge in [-0.05, 0) is 72.3 Å². The Morgan fingerprint density at radius 2 is 1.68 bits per heavy atom. The van der Waals surface area contributed by atoms with Crippen molar-refractivity contribution in [2.75, 3.05) is 11.6 Å². The van der Waals surface area contributed by atoms with Gasteiger partial charge in [-0.25, -0.2) is 12.8 Å². The van der Waals surface area contributed by atoms with Gasteiger partial charge in [0.25, 0.3) is 5.91 Å². The van der Waals surface area contributed by atoms with E-state index in [1.165, 1.54) is 30.3 Å².